The molecule has 2 aromatic carbocycles. The van der Waals surface area contributed by atoms with E-state index >= 15 is 0 Å². The minimum Gasteiger partial charge on any atom is -0.439 e. The van der Waals surface area contributed by atoms with Crippen molar-refractivity contribution in [3.05, 3.63) is 65.7 Å². The Morgan fingerprint density at radius 3 is 2.21 bits per heavy atom. The Kier molecular flexibility index (Phi) is 3.64. The number of hydrogen-bond donors (Lipinski definition) is 2. The molecule has 0 aliphatic carbocycles. The van der Waals surface area contributed by atoms with Gasteiger partial charge in [0.1, 0.15) is 5.75 Å². The summed E-state index contributed by atoms with van der Waals surface area (Å²) in [6.45, 7) is 1.08. The highest BCUT2D eigenvalue weighted by molar-refractivity contribution is 6.10. The van der Waals surface area contributed by atoms with Crippen LogP contribution in [0.15, 0.2) is 54.6 Å². The zero-order chi connectivity index (χ0) is 13.9. The number of ether oxygens (including phenoxy) is 1. The van der Waals surface area contributed by atoms with Crippen LogP contribution in [-0.2, 0) is 0 Å². The summed E-state index contributed by atoms with van der Waals surface area (Å²) in [4.78, 5) is 12.3. The Hall–Kier alpha value is -2.17. The fourth-order valence-corrected chi connectivity index (χ4v) is 1.70. The van der Waals surface area contributed by atoms with E-state index in [4.69, 9.17) is 4.74 Å². The lowest BCUT2D eigenvalue weighted by atomic mass is 10.0. The molecule has 2 rings (SSSR count). The lowest BCUT2D eigenvalue weighted by Crippen LogP contribution is -2.31. The number of carbonyl (C=O) groups is 1. The molecular weight excluding hydrogens is 244 g/mol. The van der Waals surface area contributed by atoms with Crippen molar-refractivity contribution in [2.24, 2.45) is 0 Å². The second-order valence-electron chi connectivity index (χ2n) is 4.23. The van der Waals surface area contributed by atoms with Gasteiger partial charge in [-0.25, -0.2) is 0 Å². The number of ketones is 1. The molecule has 0 atom stereocenters. The Morgan fingerprint density at radius 2 is 1.58 bits per heavy atom. The smallest absolute Gasteiger partial charge is 0.318 e. The molecule has 0 fully saturated rings. The van der Waals surface area contributed by atoms with Crippen molar-refractivity contribution in [2.75, 3.05) is 0 Å². The molecule has 4 heteroatoms. The van der Waals surface area contributed by atoms with Gasteiger partial charge in [-0.05, 0) is 12.1 Å². The van der Waals surface area contributed by atoms with Crippen molar-refractivity contribution in [1.29, 1.82) is 0 Å². The molecule has 0 aromatic heterocycles. The van der Waals surface area contributed by atoms with Crippen LogP contribution in [0.3, 0.4) is 0 Å². The van der Waals surface area contributed by atoms with Gasteiger partial charge in [-0.2, -0.15) is 0 Å². The third kappa shape index (κ3) is 3.40. The first-order valence-corrected chi connectivity index (χ1v) is 5.80. The molecule has 0 aliphatic rings. The van der Waals surface area contributed by atoms with Crippen molar-refractivity contribution < 1.29 is 19.7 Å². The first-order chi connectivity index (χ1) is 8.97. The van der Waals surface area contributed by atoms with Crippen LogP contribution >= 0.6 is 0 Å². The third-order valence-corrected chi connectivity index (χ3v) is 2.47. The highest BCUT2D eigenvalue weighted by Crippen LogP contribution is 2.24. The van der Waals surface area contributed by atoms with E-state index in [-0.39, 0.29) is 17.1 Å². The highest BCUT2D eigenvalue weighted by atomic mass is 16.8. The molecule has 0 radical (unpaired) electrons. The van der Waals surface area contributed by atoms with Crippen LogP contribution in [0.5, 0.6) is 5.75 Å². The number of para-hydroxylation sites is 1. The molecule has 4 nitrogen and oxygen atoms in total. The van der Waals surface area contributed by atoms with Gasteiger partial charge in [0.05, 0.1) is 5.56 Å². The molecule has 0 aliphatic heterocycles. The topological polar surface area (TPSA) is 66.8 Å². The molecule has 0 unspecified atom stereocenters. The summed E-state index contributed by atoms with van der Waals surface area (Å²) in [7, 11) is 0. The van der Waals surface area contributed by atoms with Gasteiger partial charge in [-0.15, -0.1) is 0 Å². The van der Waals surface area contributed by atoms with E-state index in [9.17, 15) is 15.0 Å². The molecule has 0 bridgehead atoms. The average Bonchev–Trinajstić information content (AvgIpc) is 2.38. The minimum absolute atomic E-state index is 0.129. The molecule has 0 heterocycles. The second-order valence-corrected chi connectivity index (χ2v) is 4.23. The van der Waals surface area contributed by atoms with Crippen LogP contribution in [0.2, 0.25) is 0 Å². The lowest BCUT2D eigenvalue weighted by Gasteiger charge is -2.19. The van der Waals surface area contributed by atoms with Gasteiger partial charge in [-0.3, -0.25) is 4.79 Å². The van der Waals surface area contributed by atoms with Crippen molar-refractivity contribution >= 4 is 5.78 Å². The molecule has 0 amide bonds. The molecule has 2 aromatic rings. The molecule has 0 saturated heterocycles. The predicted molar refractivity (Wildman–Crippen MR) is 69.8 cm³/mol. The van der Waals surface area contributed by atoms with Crippen LogP contribution in [0.1, 0.15) is 22.8 Å². The number of rotatable bonds is 4. The van der Waals surface area contributed by atoms with Gasteiger partial charge >= 0.3 is 5.97 Å². The zero-order valence-corrected chi connectivity index (χ0v) is 10.4. The van der Waals surface area contributed by atoms with Crippen LogP contribution in [0, 0.1) is 0 Å². The Balaban J connectivity index is 2.38. The largest absolute Gasteiger partial charge is 0.439 e. The fraction of sp³-hybridized carbons (Fsp3) is 0.133. The van der Waals surface area contributed by atoms with Crippen LogP contribution in [-0.4, -0.2) is 22.0 Å². The first kappa shape index (κ1) is 13.3. The summed E-state index contributed by atoms with van der Waals surface area (Å²) in [6.07, 6.45) is 0. The molecule has 98 valence electrons. The van der Waals surface area contributed by atoms with Gasteiger partial charge in [0, 0.05) is 12.5 Å². The summed E-state index contributed by atoms with van der Waals surface area (Å²) < 4.78 is 4.97. The maximum absolute atomic E-state index is 12.3. The Labute approximate surface area is 110 Å². The standard InChI is InChI=1S/C15H14O4/c1-15(17,18)19-13-10-6-5-9-12(13)14(16)11-7-3-2-4-8-11/h2-10,17-18H,1H3. The molecular formula is C15H14O4. The highest BCUT2D eigenvalue weighted by Gasteiger charge is 2.21. The van der Waals surface area contributed by atoms with Crippen molar-refractivity contribution in [2.45, 2.75) is 12.9 Å². The van der Waals surface area contributed by atoms with E-state index in [1.165, 1.54) is 6.07 Å². The third-order valence-electron chi connectivity index (χ3n) is 2.47. The summed E-state index contributed by atoms with van der Waals surface area (Å²) in [6, 6.07) is 15.2. The number of aliphatic hydroxyl groups is 2. The van der Waals surface area contributed by atoms with Gasteiger partial charge in [0.2, 0.25) is 0 Å². The SMILES string of the molecule is CC(O)(O)Oc1ccccc1C(=O)c1ccccc1. The van der Waals surface area contributed by atoms with E-state index < -0.39 is 5.97 Å². The molecule has 19 heavy (non-hydrogen) atoms. The minimum atomic E-state index is -2.33. The molecule has 0 saturated carbocycles. The Bertz CT molecular complexity index is 570. The van der Waals surface area contributed by atoms with Crippen molar-refractivity contribution in [3.63, 3.8) is 0 Å². The number of hydrogen-bond acceptors (Lipinski definition) is 4. The zero-order valence-electron chi connectivity index (χ0n) is 10.4. The average molecular weight is 258 g/mol. The first-order valence-electron chi connectivity index (χ1n) is 5.80. The van der Waals surface area contributed by atoms with E-state index in [1.807, 2.05) is 6.07 Å². The van der Waals surface area contributed by atoms with Crippen LogP contribution < -0.4 is 4.74 Å². The second kappa shape index (κ2) is 5.22. The van der Waals surface area contributed by atoms with Crippen LogP contribution in [0.4, 0.5) is 0 Å². The van der Waals surface area contributed by atoms with Gasteiger partial charge < -0.3 is 14.9 Å². The van der Waals surface area contributed by atoms with Crippen LogP contribution in [0.25, 0.3) is 0 Å². The Morgan fingerprint density at radius 1 is 1.00 bits per heavy atom. The maximum atomic E-state index is 12.3. The summed E-state index contributed by atoms with van der Waals surface area (Å²) >= 11 is 0. The van der Waals surface area contributed by atoms with Gasteiger partial charge in [0.25, 0.3) is 0 Å². The fourth-order valence-electron chi connectivity index (χ4n) is 1.70. The van der Waals surface area contributed by atoms with Gasteiger partial charge in [-0.1, -0.05) is 42.5 Å². The molecule has 2 N–H and O–H groups in total. The van der Waals surface area contributed by atoms with Gasteiger partial charge in [0.15, 0.2) is 5.78 Å². The van der Waals surface area contributed by atoms with E-state index in [2.05, 4.69) is 0 Å². The number of benzene rings is 2. The maximum Gasteiger partial charge on any atom is 0.318 e. The monoisotopic (exact) mass is 258 g/mol. The summed E-state index contributed by atoms with van der Waals surface area (Å²) in [5, 5.41) is 18.5. The number of carbonyl (C=O) groups excluding carboxylic acids is 1. The quantitative estimate of drug-likeness (QED) is 0.650. The predicted octanol–water partition coefficient (Wildman–Crippen LogP) is 1.95. The normalized spacial score (nSPS) is 11.1. The summed E-state index contributed by atoms with van der Waals surface area (Å²) in [5.41, 5.74) is 0.791. The van der Waals surface area contributed by atoms with E-state index in [0.29, 0.717) is 5.56 Å². The van der Waals surface area contributed by atoms with Crippen molar-refractivity contribution in [3.8, 4) is 5.75 Å². The van der Waals surface area contributed by atoms with Crippen molar-refractivity contribution in [1.82, 2.24) is 0 Å². The molecule has 0 spiro atoms. The van der Waals surface area contributed by atoms with E-state index in [0.717, 1.165) is 6.92 Å². The van der Waals surface area contributed by atoms with E-state index in [1.54, 1.807) is 42.5 Å². The lowest BCUT2D eigenvalue weighted by molar-refractivity contribution is -0.277. The summed E-state index contributed by atoms with van der Waals surface area (Å²) in [5.74, 6) is -2.43.